The summed E-state index contributed by atoms with van der Waals surface area (Å²) in [5, 5.41) is 0. The Morgan fingerprint density at radius 1 is 0.952 bits per heavy atom. The minimum atomic E-state index is -5.01. The molecule has 42 heavy (non-hydrogen) atoms. The van der Waals surface area contributed by atoms with Crippen LogP contribution >= 0.6 is 0 Å². The van der Waals surface area contributed by atoms with Crippen molar-refractivity contribution in [3.8, 4) is 0 Å². The summed E-state index contributed by atoms with van der Waals surface area (Å²) >= 11 is 0. The molecule has 0 spiro atoms. The van der Waals surface area contributed by atoms with Crippen LogP contribution < -0.4 is 0 Å². The number of rotatable bonds is 8. The standard InChI is InChI=1S/C31H29F6NO4/c1-21(24-14-26(30(32,33)34)16-27(15-24)31(35,36)37)42-20-29(25-10-6-3-7-11-25)13-12-23(18-39)17-38(29)28(40)41-19-22-8-4-2-5-9-22/h2-11,14-16,18,21,23H,12-13,17,19-20H2,1H3/t21?,23?,29-/m1/s1. The first-order chi connectivity index (χ1) is 19.8. The van der Waals surface area contributed by atoms with Crippen molar-refractivity contribution < 1.29 is 45.4 Å². The molecular formula is C31H29F6NO4. The van der Waals surface area contributed by atoms with E-state index < -0.39 is 47.1 Å². The molecule has 1 aliphatic rings. The van der Waals surface area contributed by atoms with Crippen LogP contribution in [0.4, 0.5) is 31.1 Å². The van der Waals surface area contributed by atoms with Gasteiger partial charge in [0.05, 0.1) is 29.4 Å². The molecule has 1 fully saturated rings. The molecule has 0 aromatic heterocycles. The van der Waals surface area contributed by atoms with Gasteiger partial charge in [-0.25, -0.2) is 4.79 Å². The molecule has 0 bridgehead atoms. The molecule has 3 aromatic carbocycles. The van der Waals surface area contributed by atoms with Crippen molar-refractivity contribution in [1.29, 1.82) is 0 Å². The van der Waals surface area contributed by atoms with Gasteiger partial charge in [-0.3, -0.25) is 4.90 Å². The molecular weight excluding hydrogens is 564 g/mol. The van der Waals surface area contributed by atoms with Gasteiger partial charge in [0.25, 0.3) is 0 Å². The zero-order valence-corrected chi connectivity index (χ0v) is 22.6. The lowest BCUT2D eigenvalue weighted by Crippen LogP contribution is -2.57. The average Bonchev–Trinajstić information content (AvgIpc) is 2.98. The van der Waals surface area contributed by atoms with E-state index in [1.54, 1.807) is 54.6 Å². The molecule has 0 N–H and O–H groups in total. The van der Waals surface area contributed by atoms with Gasteiger partial charge >= 0.3 is 18.4 Å². The van der Waals surface area contributed by atoms with Crippen LogP contribution in [-0.2, 0) is 38.8 Å². The zero-order valence-electron chi connectivity index (χ0n) is 22.6. The van der Waals surface area contributed by atoms with Crippen molar-refractivity contribution in [3.63, 3.8) is 0 Å². The largest absolute Gasteiger partial charge is 0.445 e. The SMILES string of the molecule is CC(OC[C@@]1(c2ccccc2)CCC(C=O)CN1C(=O)OCc1ccccc1)c1cc(C(F)(F)F)cc(C(F)(F)F)c1. The molecule has 5 nitrogen and oxygen atoms in total. The number of piperidine rings is 1. The van der Waals surface area contributed by atoms with Crippen molar-refractivity contribution in [2.24, 2.45) is 5.92 Å². The fourth-order valence-electron chi connectivity index (χ4n) is 5.07. The number of carbonyl (C=O) groups is 2. The van der Waals surface area contributed by atoms with Gasteiger partial charge in [-0.15, -0.1) is 0 Å². The Labute approximate surface area is 239 Å². The summed E-state index contributed by atoms with van der Waals surface area (Å²) in [6.07, 6.45) is -10.6. The number of ether oxygens (including phenoxy) is 2. The van der Waals surface area contributed by atoms with E-state index in [9.17, 15) is 35.9 Å². The summed E-state index contributed by atoms with van der Waals surface area (Å²) < 4.78 is 92.4. The van der Waals surface area contributed by atoms with Gasteiger partial charge in [-0.05, 0) is 54.7 Å². The lowest BCUT2D eigenvalue weighted by atomic mass is 9.78. The minimum Gasteiger partial charge on any atom is -0.445 e. The number of carbonyl (C=O) groups excluding carboxylic acids is 2. The molecule has 1 heterocycles. The predicted octanol–water partition coefficient (Wildman–Crippen LogP) is 7.95. The van der Waals surface area contributed by atoms with E-state index in [-0.39, 0.29) is 37.8 Å². The first-order valence-corrected chi connectivity index (χ1v) is 13.2. The van der Waals surface area contributed by atoms with E-state index in [4.69, 9.17) is 9.47 Å². The Morgan fingerprint density at radius 3 is 2.07 bits per heavy atom. The number of alkyl halides is 6. The average molecular weight is 594 g/mol. The number of likely N-dealkylation sites (tertiary alicyclic amines) is 1. The van der Waals surface area contributed by atoms with Crippen LogP contribution in [0.15, 0.2) is 78.9 Å². The number of aldehydes is 1. The molecule has 4 rings (SSSR count). The maximum absolute atomic E-state index is 13.5. The van der Waals surface area contributed by atoms with Crippen molar-refractivity contribution in [1.82, 2.24) is 4.90 Å². The van der Waals surface area contributed by atoms with Crippen LogP contribution in [0, 0.1) is 5.92 Å². The van der Waals surface area contributed by atoms with Gasteiger partial charge in [0.2, 0.25) is 0 Å². The number of nitrogens with zero attached hydrogens (tertiary/aromatic N) is 1. The second kappa shape index (κ2) is 12.6. The van der Waals surface area contributed by atoms with Crippen LogP contribution in [0.3, 0.4) is 0 Å². The van der Waals surface area contributed by atoms with E-state index in [0.717, 1.165) is 11.8 Å². The van der Waals surface area contributed by atoms with Gasteiger partial charge in [-0.1, -0.05) is 60.7 Å². The monoisotopic (exact) mass is 593 g/mol. The Hall–Kier alpha value is -3.86. The highest BCUT2D eigenvalue weighted by Crippen LogP contribution is 2.42. The molecule has 0 saturated carbocycles. The number of benzene rings is 3. The molecule has 224 valence electrons. The molecule has 1 saturated heterocycles. The highest BCUT2D eigenvalue weighted by atomic mass is 19.4. The lowest BCUT2D eigenvalue weighted by Gasteiger charge is -2.48. The van der Waals surface area contributed by atoms with Gasteiger partial charge < -0.3 is 14.3 Å². The molecule has 11 heteroatoms. The topological polar surface area (TPSA) is 55.8 Å². The molecule has 1 aliphatic heterocycles. The lowest BCUT2D eigenvalue weighted by molar-refractivity contribution is -0.143. The Kier molecular flexibility index (Phi) is 9.30. The van der Waals surface area contributed by atoms with Crippen molar-refractivity contribution >= 4 is 12.4 Å². The molecule has 1 amide bonds. The van der Waals surface area contributed by atoms with E-state index in [2.05, 4.69) is 0 Å². The van der Waals surface area contributed by atoms with Gasteiger partial charge in [0.15, 0.2) is 0 Å². The van der Waals surface area contributed by atoms with Crippen LogP contribution in [0.1, 0.15) is 53.7 Å². The third-order valence-electron chi connectivity index (χ3n) is 7.44. The summed E-state index contributed by atoms with van der Waals surface area (Å²) in [6, 6.07) is 19.0. The fourth-order valence-corrected chi connectivity index (χ4v) is 5.07. The Morgan fingerprint density at radius 2 is 1.52 bits per heavy atom. The molecule has 0 radical (unpaired) electrons. The van der Waals surface area contributed by atoms with E-state index >= 15 is 0 Å². The maximum Gasteiger partial charge on any atom is 0.416 e. The Balaban J connectivity index is 1.67. The normalized spacial score (nSPS) is 20.2. The highest BCUT2D eigenvalue weighted by molar-refractivity contribution is 5.71. The minimum absolute atomic E-state index is 0.00839. The quantitative estimate of drug-likeness (QED) is 0.197. The van der Waals surface area contributed by atoms with Crippen molar-refractivity contribution in [2.45, 2.75) is 50.4 Å². The molecule has 3 atom stereocenters. The second-order valence-corrected chi connectivity index (χ2v) is 10.3. The fraction of sp³-hybridized carbons (Fsp3) is 0.355. The number of amides is 1. The first-order valence-electron chi connectivity index (χ1n) is 13.2. The van der Waals surface area contributed by atoms with E-state index in [0.29, 0.717) is 24.1 Å². The smallest absolute Gasteiger partial charge is 0.416 e. The zero-order chi connectivity index (χ0) is 30.5. The molecule has 0 aliphatic carbocycles. The second-order valence-electron chi connectivity index (χ2n) is 10.3. The van der Waals surface area contributed by atoms with Gasteiger partial charge in [0.1, 0.15) is 12.9 Å². The van der Waals surface area contributed by atoms with Gasteiger partial charge in [-0.2, -0.15) is 26.3 Å². The Bertz CT molecular complexity index is 1330. The maximum atomic E-state index is 13.5. The summed E-state index contributed by atoms with van der Waals surface area (Å²) in [7, 11) is 0. The highest BCUT2D eigenvalue weighted by Gasteiger charge is 2.47. The summed E-state index contributed by atoms with van der Waals surface area (Å²) in [5.41, 5.74) is -3.07. The van der Waals surface area contributed by atoms with Crippen molar-refractivity contribution in [2.75, 3.05) is 13.2 Å². The van der Waals surface area contributed by atoms with Crippen LogP contribution in [0.2, 0.25) is 0 Å². The van der Waals surface area contributed by atoms with Crippen molar-refractivity contribution in [3.05, 3.63) is 107 Å². The summed E-state index contributed by atoms with van der Waals surface area (Å²) in [4.78, 5) is 26.6. The molecule has 3 aromatic rings. The van der Waals surface area contributed by atoms with Crippen LogP contribution in [0.5, 0.6) is 0 Å². The van der Waals surface area contributed by atoms with E-state index in [1.807, 2.05) is 6.07 Å². The van der Waals surface area contributed by atoms with Crippen LogP contribution in [0.25, 0.3) is 0 Å². The predicted molar refractivity (Wildman–Crippen MR) is 141 cm³/mol. The summed E-state index contributed by atoms with van der Waals surface area (Å²) in [6.45, 7) is 1.02. The number of halogens is 6. The third-order valence-corrected chi connectivity index (χ3v) is 7.44. The number of hydrogen-bond donors (Lipinski definition) is 0. The first kappa shape index (κ1) is 31.1. The third kappa shape index (κ3) is 7.13. The number of hydrogen-bond acceptors (Lipinski definition) is 4. The van der Waals surface area contributed by atoms with Gasteiger partial charge in [0, 0.05) is 12.5 Å². The van der Waals surface area contributed by atoms with E-state index in [1.165, 1.54) is 11.8 Å². The van der Waals surface area contributed by atoms with Crippen LogP contribution in [-0.4, -0.2) is 30.4 Å². The summed E-state index contributed by atoms with van der Waals surface area (Å²) in [5.74, 6) is -0.499. The molecule has 2 unspecified atom stereocenters.